The summed E-state index contributed by atoms with van der Waals surface area (Å²) in [5.74, 6) is -0.681. The molecule has 0 spiro atoms. The lowest BCUT2D eigenvalue weighted by Crippen LogP contribution is -2.28. The topological polar surface area (TPSA) is 70.1 Å². The Morgan fingerprint density at radius 3 is 2.92 bits per heavy atom. The van der Waals surface area contributed by atoms with Gasteiger partial charge in [0.05, 0.1) is 5.56 Å². The molecule has 1 aliphatic rings. The molecule has 3 heterocycles. The molecule has 0 bridgehead atoms. The fraction of sp³-hybridized carbons (Fsp3) is 0.150. The molecule has 1 amide bonds. The van der Waals surface area contributed by atoms with Crippen LogP contribution in [0.15, 0.2) is 53.8 Å². The van der Waals surface area contributed by atoms with Crippen LogP contribution in [0.4, 0.5) is 10.2 Å². The number of aromatic nitrogens is 2. The molecule has 5 nitrogen and oxygen atoms in total. The maximum atomic E-state index is 13.7. The Morgan fingerprint density at radius 1 is 1.23 bits per heavy atom. The van der Waals surface area contributed by atoms with Gasteiger partial charge in [0.15, 0.2) is 0 Å². The summed E-state index contributed by atoms with van der Waals surface area (Å²) in [6.45, 7) is 0.824. The number of halogens is 1. The third-order valence-corrected chi connectivity index (χ3v) is 4.31. The number of carbonyl (C=O) groups excluding carboxylic acids is 1. The van der Waals surface area contributed by atoms with E-state index < -0.39 is 11.7 Å². The van der Waals surface area contributed by atoms with Crippen molar-refractivity contribution in [2.75, 3.05) is 11.9 Å². The summed E-state index contributed by atoms with van der Waals surface area (Å²) in [5, 5.41) is 3.78. The normalized spacial score (nSPS) is 12.7. The second-order valence-electron chi connectivity index (χ2n) is 6.11. The second-order valence-corrected chi connectivity index (χ2v) is 6.11. The minimum atomic E-state index is -0.555. The molecule has 2 N–H and O–H groups in total. The Hall–Kier alpha value is -3.28. The van der Waals surface area contributed by atoms with Crippen molar-refractivity contribution in [3.05, 3.63) is 82.0 Å². The lowest BCUT2D eigenvalue weighted by molar-refractivity contribution is 0.102. The average molecular weight is 348 g/mol. The Balaban J connectivity index is 1.48. The van der Waals surface area contributed by atoms with Crippen LogP contribution >= 0.6 is 0 Å². The average Bonchev–Trinajstić information content (AvgIpc) is 3.07. The number of nitrogens with one attached hydrogen (secondary N) is 2. The quantitative estimate of drug-likeness (QED) is 0.759. The molecule has 0 saturated heterocycles. The second kappa shape index (κ2) is 6.92. The van der Waals surface area contributed by atoms with Gasteiger partial charge in [-0.25, -0.2) is 9.37 Å². The van der Waals surface area contributed by atoms with Crippen LogP contribution in [0.25, 0.3) is 6.08 Å². The van der Waals surface area contributed by atoms with E-state index in [1.807, 2.05) is 12.3 Å². The molecule has 6 heteroatoms. The molecule has 1 aromatic carbocycles. The standard InChI is InChI=1S/C20H17FN4O/c21-17-6-2-1-4-16(17)20(26)25-18-8-7-13(11-23-18)10-14-12-24-19-15(14)5-3-9-22-19/h1-2,4-8,11-12H,3,9-10H2,(H,22,24)(H,23,25,26). The van der Waals surface area contributed by atoms with E-state index >= 15 is 0 Å². The number of amides is 1. The van der Waals surface area contributed by atoms with Gasteiger partial charge < -0.3 is 10.3 Å². The third-order valence-electron chi connectivity index (χ3n) is 4.31. The SMILES string of the molecule is O=C(Nc1ccc(Cc2c[nH]c3c2=CCCN=3)cn1)c1ccccc1F. The number of fused-ring (bicyclic) bond motifs is 1. The number of H-pyrrole nitrogens is 1. The number of hydrogen-bond acceptors (Lipinski definition) is 3. The van der Waals surface area contributed by atoms with Gasteiger partial charge in [-0.15, -0.1) is 0 Å². The fourth-order valence-electron chi connectivity index (χ4n) is 3.01. The van der Waals surface area contributed by atoms with Crippen molar-refractivity contribution in [3.63, 3.8) is 0 Å². The van der Waals surface area contributed by atoms with E-state index in [1.54, 1.807) is 24.4 Å². The van der Waals surface area contributed by atoms with Gasteiger partial charge in [0.1, 0.15) is 17.1 Å². The third kappa shape index (κ3) is 3.26. The van der Waals surface area contributed by atoms with Crippen molar-refractivity contribution >= 4 is 17.8 Å². The Bertz CT molecular complexity index is 1070. The number of hydrogen-bond donors (Lipinski definition) is 2. The summed E-state index contributed by atoms with van der Waals surface area (Å²) in [4.78, 5) is 24.0. The summed E-state index contributed by atoms with van der Waals surface area (Å²) in [7, 11) is 0. The van der Waals surface area contributed by atoms with E-state index in [9.17, 15) is 9.18 Å². The highest BCUT2D eigenvalue weighted by atomic mass is 19.1. The van der Waals surface area contributed by atoms with Gasteiger partial charge in [-0.1, -0.05) is 24.3 Å². The van der Waals surface area contributed by atoms with Crippen LogP contribution < -0.4 is 16.0 Å². The summed E-state index contributed by atoms with van der Waals surface area (Å²) in [5.41, 5.74) is 3.13. The lowest BCUT2D eigenvalue weighted by Gasteiger charge is -2.06. The zero-order chi connectivity index (χ0) is 17.9. The molecule has 1 aliphatic heterocycles. The smallest absolute Gasteiger partial charge is 0.259 e. The maximum absolute atomic E-state index is 13.7. The monoisotopic (exact) mass is 348 g/mol. The van der Waals surface area contributed by atoms with Gasteiger partial charge in [-0.2, -0.15) is 0 Å². The van der Waals surface area contributed by atoms with Crippen molar-refractivity contribution in [1.29, 1.82) is 0 Å². The van der Waals surface area contributed by atoms with Crippen LogP contribution in [0.5, 0.6) is 0 Å². The number of rotatable bonds is 4. The van der Waals surface area contributed by atoms with Gasteiger partial charge >= 0.3 is 0 Å². The molecule has 0 fully saturated rings. The summed E-state index contributed by atoms with van der Waals surface area (Å²) in [6.07, 6.45) is 7.58. The highest BCUT2D eigenvalue weighted by molar-refractivity contribution is 6.03. The minimum Gasteiger partial charge on any atom is -0.346 e. The predicted molar refractivity (Wildman–Crippen MR) is 96.9 cm³/mol. The van der Waals surface area contributed by atoms with Crippen molar-refractivity contribution < 1.29 is 9.18 Å². The largest absolute Gasteiger partial charge is 0.346 e. The van der Waals surface area contributed by atoms with E-state index in [1.165, 1.54) is 17.7 Å². The Kier molecular flexibility index (Phi) is 4.31. The lowest BCUT2D eigenvalue weighted by atomic mass is 10.1. The maximum Gasteiger partial charge on any atom is 0.259 e. The van der Waals surface area contributed by atoms with E-state index in [-0.39, 0.29) is 5.56 Å². The molecule has 2 aromatic heterocycles. The zero-order valence-electron chi connectivity index (χ0n) is 14.0. The molecule has 0 radical (unpaired) electrons. The molecule has 0 unspecified atom stereocenters. The van der Waals surface area contributed by atoms with Gasteiger partial charge in [0, 0.05) is 30.6 Å². The summed E-state index contributed by atoms with van der Waals surface area (Å²) >= 11 is 0. The molecule has 0 atom stereocenters. The first kappa shape index (κ1) is 16.2. The highest BCUT2D eigenvalue weighted by Gasteiger charge is 2.11. The first-order chi connectivity index (χ1) is 12.7. The van der Waals surface area contributed by atoms with Gasteiger partial charge in [-0.3, -0.25) is 9.79 Å². The van der Waals surface area contributed by atoms with Crippen LogP contribution in [0.3, 0.4) is 0 Å². The van der Waals surface area contributed by atoms with Crippen molar-refractivity contribution in [2.45, 2.75) is 12.8 Å². The molecule has 4 rings (SSSR count). The van der Waals surface area contributed by atoms with E-state index in [4.69, 9.17) is 0 Å². The van der Waals surface area contributed by atoms with Crippen LogP contribution in [-0.4, -0.2) is 22.4 Å². The summed E-state index contributed by atoms with van der Waals surface area (Å²) in [6, 6.07) is 9.49. The van der Waals surface area contributed by atoms with Crippen LogP contribution in [-0.2, 0) is 6.42 Å². The Morgan fingerprint density at radius 2 is 2.12 bits per heavy atom. The first-order valence-electron chi connectivity index (χ1n) is 8.42. The fourth-order valence-corrected chi connectivity index (χ4v) is 3.01. The number of pyridine rings is 1. The molecule has 26 heavy (non-hydrogen) atoms. The number of anilines is 1. The molecular formula is C20H17FN4O. The van der Waals surface area contributed by atoms with Crippen molar-refractivity contribution in [2.24, 2.45) is 4.99 Å². The van der Waals surface area contributed by atoms with Gasteiger partial charge in [0.25, 0.3) is 5.91 Å². The van der Waals surface area contributed by atoms with Crippen LogP contribution in [0, 0.1) is 5.82 Å². The minimum absolute atomic E-state index is 0.00313. The van der Waals surface area contributed by atoms with Gasteiger partial charge in [-0.05, 0) is 35.7 Å². The van der Waals surface area contributed by atoms with E-state index in [2.05, 4.69) is 26.4 Å². The van der Waals surface area contributed by atoms with Crippen LogP contribution in [0.1, 0.15) is 27.9 Å². The first-order valence-corrected chi connectivity index (χ1v) is 8.42. The molecule has 0 saturated carbocycles. The predicted octanol–water partition coefficient (Wildman–Crippen LogP) is 2.20. The van der Waals surface area contributed by atoms with Gasteiger partial charge in [0.2, 0.25) is 0 Å². The number of carbonyl (C=O) groups is 1. The Labute approximate surface area is 149 Å². The van der Waals surface area contributed by atoms with Crippen molar-refractivity contribution in [3.8, 4) is 0 Å². The summed E-state index contributed by atoms with van der Waals surface area (Å²) < 4.78 is 13.7. The number of nitrogens with zero attached hydrogens (tertiary/aromatic N) is 2. The zero-order valence-corrected chi connectivity index (χ0v) is 14.0. The molecule has 3 aromatic rings. The molecular weight excluding hydrogens is 331 g/mol. The highest BCUT2D eigenvalue weighted by Crippen LogP contribution is 2.12. The molecule has 130 valence electrons. The number of aromatic amines is 1. The molecule has 0 aliphatic carbocycles. The van der Waals surface area contributed by atoms with Crippen LogP contribution in [0.2, 0.25) is 0 Å². The van der Waals surface area contributed by atoms with E-state index in [0.29, 0.717) is 5.82 Å². The van der Waals surface area contributed by atoms with E-state index in [0.717, 1.165) is 35.7 Å². The number of benzene rings is 1. The van der Waals surface area contributed by atoms with Crippen molar-refractivity contribution in [1.82, 2.24) is 9.97 Å².